The number of sulfonamides is 1. The van der Waals surface area contributed by atoms with E-state index in [1.807, 2.05) is 0 Å². The van der Waals surface area contributed by atoms with Crippen LogP contribution in [0.1, 0.15) is 51.7 Å². The predicted octanol–water partition coefficient (Wildman–Crippen LogP) is 1.13. The molecule has 9 nitrogen and oxygen atoms in total. The highest BCUT2D eigenvalue weighted by Gasteiger charge is 2.19. The van der Waals surface area contributed by atoms with Crippen molar-refractivity contribution in [2.24, 2.45) is 4.99 Å². The number of rotatable bonds is 8. The van der Waals surface area contributed by atoms with Gasteiger partial charge in [0.2, 0.25) is 15.9 Å². The zero-order valence-electron chi connectivity index (χ0n) is 17.2. The van der Waals surface area contributed by atoms with Crippen LogP contribution < -0.4 is 15.4 Å². The van der Waals surface area contributed by atoms with E-state index in [0.717, 1.165) is 25.0 Å². The summed E-state index contributed by atoms with van der Waals surface area (Å²) >= 11 is 0. The van der Waals surface area contributed by atoms with Gasteiger partial charge in [-0.2, -0.15) is 0 Å². The third kappa shape index (κ3) is 7.76. The molecule has 0 saturated carbocycles. The van der Waals surface area contributed by atoms with Gasteiger partial charge in [0.05, 0.1) is 24.6 Å². The number of ether oxygens (including phenoxy) is 1. The van der Waals surface area contributed by atoms with Crippen LogP contribution in [0.4, 0.5) is 0 Å². The maximum absolute atomic E-state index is 12.1. The Morgan fingerprint density at radius 2 is 2.11 bits per heavy atom. The molecule has 1 aliphatic heterocycles. The molecule has 2 heterocycles. The Morgan fingerprint density at radius 1 is 1.32 bits per heavy atom. The van der Waals surface area contributed by atoms with Crippen LogP contribution in [-0.2, 0) is 26.7 Å². The van der Waals surface area contributed by atoms with Crippen LogP contribution in [0.2, 0.25) is 0 Å². The van der Waals surface area contributed by atoms with Crippen LogP contribution in [0, 0.1) is 0 Å². The van der Waals surface area contributed by atoms with E-state index >= 15 is 0 Å². The normalized spacial score (nSPS) is 18.9. The Balaban J connectivity index is 1.70. The van der Waals surface area contributed by atoms with Gasteiger partial charge >= 0.3 is 0 Å². The van der Waals surface area contributed by atoms with Gasteiger partial charge < -0.3 is 19.8 Å². The van der Waals surface area contributed by atoms with Gasteiger partial charge in [-0.05, 0) is 19.3 Å². The van der Waals surface area contributed by atoms with Crippen molar-refractivity contribution in [2.75, 3.05) is 32.5 Å². The van der Waals surface area contributed by atoms with Gasteiger partial charge in [-0.15, -0.1) is 0 Å². The zero-order valence-corrected chi connectivity index (χ0v) is 18.1. The van der Waals surface area contributed by atoms with Crippen molar-refractivity contribution >= 4 is 16.0 Å². The molecule has 160 valence electrons. The minimum atomic E-state index is -3.37. The van der Waals surface area contributed by atoms with Gasteiger partial charge in [0.15, 0.2) is 5.96 Å². The van der Waals surface area contributed by atoms with Crippen molar-refractivity contribution < 1.29 is 17.6 Å². The highest BCUT2D eigenvalue weighted by atomic mass is 32.2. The van der Waals surface area contributed by atoms with Crippen molar-refractivity contribution in [3.05, 3.63) is 17.8 Å². The number of aliphatic imine (C=N–C) groups is 1. The molecule has 0 radical (unpaired) electrons. The second-order valence-electron chi connectivity index (χ2n) is 7.88. The Morgan fingerprint density at radius 3 is 2.71 bits per heavy atom. The average molecular weight is 416 g/mol. The molecule has 1 aromatic heterocycles. The number of hydrogen-bond donors (Lipinski definition) is 3. The number of guanidine groups is 1. The molecule has 2 rings (SSSR count). The second kappa shape index (κ2) is 10.2. The van der Waals surface area contributed by atoms with Gasteiger partial charge in [-0.1, -0.05) is 20.8 Å². The first-order valence-corrected chi connectivity index (χ1v) is 11.3. The lowest BCUT2D eigenvalue weighted by atomic mass is 9.94. The van der Waals surface area contributed by atoms with E-state index in [0.29, 0.717) is 31.5 Å². The van der Waals surface area contributed by atoms with E-state index in [1.54, 1.807) is 13.2 Å². The summed E-state index contributed by atoms with van der Waals surface area (Å²) in [4.78, 5) is 8.33. The lowest BCUT2D eigenvalue weighted by Crippen LogP contribution is -2.42. The monoisotopic (exact) mass is 415 g/mol. The molecular formula is C18H33N5O4S. The molecule has 1 aromatic rings. The van der Waals surface area contributed by atoms with Gasteiger partial charge in [0, 0.05) is 32.2 Å². The van der Waals surface area contributed by atoms with Gasteiger partial charge in [-0.25, -0.2) is 18.1 Å². The van der Waals surface area contributed by atoms with Crippen LogP contribution in [0.3, 0.4) is 0 Å². The quantitative estimate of drug-likeness (QED) is 0.430. The molecule has 1 aliphatic rings. The van der Waals surface area contributed by atoms with Gasteiger partial charge in [0.1, 0.15) is 5.76 Å². The van der Waals surface area contributed by atoms with Gasteiger partial charge in [-0.3, -0.25) is 4.99 Å². The first kappa shape index (κ1) is 22.6. The summed E-state index contributed by atoms with van der Waals surface area (Å²) in [7, 11) is -1.75. The van der Waals surface area contributed by atoms with Crippen LogP contribution >= 0.6 is 0 Å². The van der Waals surface area contributed by atoms with Crippen LogP contribution in [0.25, 0.3) is 0 Å². The summed E-state index contributed by atoms with van der Waals surface area (Å²) < 4.78 is 38.1. The molecule has 0 aliphatic carbocycles. The highest BCUT2D eigenvalue weighted by Crippen LogP contribution is 2.22. The molecule has 10 heteroatoms. The minimum Gasteiger partial charge on any atom is -0.443 e. The standard InChI is InChI=1S/C18H33N5O4S/c1-18(2,3)15-12-21-16(27-15)13-22-17(19-4)20-8-10-28(24,25)23-11-14-7-5-6-9-26-14/h12,14,23H,5-11,13H2,1-4H3,(H2,19,20,22). The fourth-order valence-electron chi connectivity index (χ4n) is 2.68. The summed E-state index contributed by atoms with van der Waals surface area (Å²) in [5.41, 5.74) is -0.102. The predicted molar refractivity (Wildman–Crippen MR) is 109 cm³/mol. The van der Waals surface area contributed by atoms with E-state index in [9.17, 15) is 8.42 Å². The van der Waals surface area contributed by atoms with E-state index in [1.165, 1.54) is 0 Å². The molecule has 1 unspecified atom stereocenters. The van der Waals surface area contributed by atoms with Crippen LogP contribution in [0.5, 0.6) is 0 Å². The van der Waals surface area contributed by atoms with E-state index in [-0.39, 0.29) is 23.8 Å². The van der Waals surface area contributed by atoms with E-state index < -0.39 is 10.0 Å². The number of hydrogen-bond acceptors (Lipinski definition) is 6. The third-order valence-corrected chi connectivity index (χ3v) is 5.74. The SMILES string of the molecule is CN=C(NCCS(=O)(=O)NCC1CCCCO1)NCc1ncc(C(C)(C)C)o1. The first-order valence-electron chi connectivity index (χ1n) is 9.68. The topological polar surface area (TPSA) is 118 Å². The Bertz CT molecular complexity index is 733. The molecule has 1 atom stereocenters. The first-order chi connectivity index (χ1) is 13.2. The van der Waals surface area contributed by atoms with Crippen molar-refractivity contribution in [3.63, 3.8) is 0 Å². The molecule has 1 fully saturated rings. The molecule has 0 amide bonds. The Hall–Kier alpha value is -1.65. The van der Waals surface area contributed by atoms with E-state index in [4.69, 9.17) is 9.15 Å². The van der Waals surface area contributed by atoms with Crippen molar-refractivity contribution in [1.82, 2.24) is 20.3 Å². The largest absolute Gasteiger partial charge is 0.443 e. The maximum Gasteiger partial charge on any atom is 0.213 e. The number of nitrogens with one attached hydrogen (secondary N) is 3. The summed E-state index contributed by atoms with van der Waals surface area (Å²) in [6.07, 6.45) is 4.73. The fourth-order valence-corrected chi connectivity index (χ4v) is 3.64. The molecule has 0 bridgehead atoms. The Labute approximate surface area is 167 Å². The van der Waals surface area contributed by atoms with E-state index in [2.05, 4.69) is 46.1 Å². The maximum atomic E-state index is 12.1. The van der Waals surface area contributed by atoms with Crippen molar-refractivity contribution in [1.29, 1.82) is 0 Å². The number of oxazole rings is 1. The van der Waals surface area contributed by atoms with Crippen LogP contribution in [0.15, 0.2) is 15.6 Å². The highest BCUT2D eigenvalue weighted by molar-refractivity contribution is 7.89. The molecule has 3 N–H and O–H groups in total. The lowest BCUT2D eigenvalue weighted by Gasteiger charge is -2.22. The fraction of sp³-hybridized carbons (Fsp3) is 0.778. The molecule has 28 heavy (non-hydrogen) atoms. The lowest BCUT2D eigenvalue weighted by molar-refractivity contribution is 0.0200. The average Bonchev–Trinajstić information content (AvgIpc) is 3.13. The third-order valence-electron chi connectivity index (χ3n) is 4.39. The van der Waals surface area contributed by atoms with Crippen LogP contribution in [-0.4, -0.2) is 58.0 Å². The Kier molecular flexibility index (Phi) is 8.26. The molecular weight excluding hydrogens is 382 g/mol. The minimum absolute atomic E-state index is 0.0234. The molecule has 0 spiro atoms. The van der Waals surface area contributed by atoms with Gasteiger partial charge in [0.25, 0.3) is 0 Å². The summed E-state index contributed by atoms with van der Waals surface area (Å²) in [5, 5.41) is 6.06. The molecule has 0 aromatic carbocycles. The smallest absolute Gasteiger partial charge is 0.213 e. The molecule has 1 saturated heterocycles. The van der Waals surface area contributed by atoms with Crippen molar-refractivity contribution in [3.8, 4) is 0 Å². The summed E-state index contributed by atoms with van der Waals surface area (Å²) in [5.74, 6) is 1.80. The summed E-state index contributed by atoms with van der Waals surface area (Å²) in [6.45, 7) is 7.80. The summed E-state index contributed by atoms with van der Waals surface area (Å²) in [6, 6.07) is 0. The number of aromatic nitrogens is 1. The zero-order chi connectivity index (χ0) is 20.6. The second-order valence-corrected chi connectivity index (χ2v) is 9.80. The number of nitrogens with zero attached hydrogens (tertiary/aromatic N) is 2. The van der Waals surface area contributed by atoms with Crippen molar-refractivity contribution in [2.45, 2.75) is 58.1 Å².